The molecule has 1 saturated heterocycles. The van der Waals surface area contributed by atoms with E-state index in [0.717, 1.165) is 18.6 Å². The zero-order valence-corrected chi connectivity index (χ0v) is 11.0. The van der Waals surface area contributed by atoms with Gasteiger partial charge in [0.1, 0.15) is 5.69 Å². The predicted molar refractivity (Wildman–Crippen MR) is 73.2 cm³/mol. The van der Waals surface area contributed by atoms with Gasteiger partial charge in [-0.1, -0.05) is 35.5 Å². The van der Waals surface area contributed by atoms with Crippen LogP contribution in [-0.4, -0.2) is 30.8 Å². The number of hydrogen-bond acceptors (Lipinski definition) is 4. The second kappa shape index (κ2) is 5.88. The fourth-order valence-electron chi connectivity index (χ4n) is 2.20. The maximum atomic E-state index is 12.0. The largest absolute Gasteiger partial charge is 0.381 e. The van der Waals surface area contributed by atoms with E-state index in [1.54, 1.807) is 6.07 Å². The Bertz CT molecular complexity index is 574. The Morgan fingerprint density at radius 1 is 1.35 bits per heavy atom. The van der Waals surface area contributed by atoms with Gasteiger partial charge >= 0.3 is 0 Å². The van der Waals surface area contributed by atoms with Crippen LogP contribution in [0, 0.1) is 5.92 Å². The van der Waals surface area contributed by atoms with Crippen molar-refractivity contribution in [1.82, 2.24) is 10.5 Å². The van der Waals surface area contributed by atoms with Gasteiger partial charge in [-0.2, -0.15) is 0 Å². The zero-order valence-electron chi connectivity index (χ0n) is 11.0. The minimum absolute atomic E-state index is 0.230. The van der Waals surface area contributed by atoms with Crippen LogP contribution in [0.15, 0.2) is 40.9 Å². The molecule has 1 aliphatic rings. The molecule has 20 heavy (non-hydrogen) atoms. The molecule has 1 aromatic carbocycles. The Morgan fingerprint density at radius 3 is 2.95 bits per heavy atom. The van der Waals surface area contributed by atoms with Gasteiger partial charge in [0.25, 0.3) is 5.91 Å². The van der Waals surface area contributed by atoms with Crippen molar-refractivity contribution in [3.8, 4) is 11.3 Å². The summed E-state index contributed by atoms with van der Waals surface area (Å²) in [4.78, 5) is 12.0. The third-order valence-corrected chi connectivity index (χ3v) is 3.38. The van der Waals surface area contributed by atoms with Crippen LogP contribution >= 0.6 is 0 Å². The number of ether oxygens (including phenoxy) is 1. The van der Waals surface area contributed by atoms with Gasteiger partial charge in [0.05, 0.1) is 6.61 Å². The summed E-state index contributed by atoms with van der Waals surface area (Å²) in [6, 6.07) is 11.3. The van der Waals surface area contributed by atoms with Crippen molar-refractivity contribution in [2.45, 2.75) is 6.42 Å². The molecule has 5 heteroatoms. The normalized spacial score (nSPS) is 18.1. The Morgan fingerprint density at radius 2 is 2.20 bits per heavy atom. The number of hydrogen-bond donors (Lipinski definition) is 1. The van der Waals surface area contributed by atoms with Gasteiger partial charge in [-0.05, 0) is 6.42 Å². The van der Waals surface area contributed by atoms with E-state index in [-0.39, 0.29) is 11.7 Å². The first-order chi connectivity index (χ1) is 9.83. The maximum Gasteiger partial charge on any atom is 0.289 e. The number of nitrogens with zero attached hydrogens (tertiary/aromatic N) is 1. The molecule has 0 aliphatic carbocycles. The molecule has 104 valence electrons. The topological polar surface area (TPSA) is 64.4 Å². The van der Waals surface area contributed by atoms with Crippen molar-refractivity contribution in [3.05, 3.63) is 42.2 Å². The Kier molecular flexibility index (Phi) is 3.78. The van der Waals surface area contributed by atoms with E-state index in [0.29, 0.717) is 24.8 Å². The third kappa shape index (κ3) is 2.88. The molecule has 3 rings (SSSR count). The van der Waals surface area contributed by atoms with Crippen molar-refractivity contribution in [3.63, 3.8) is 0 Å². The van der Waals surface area contributed by atoms with E-state index in [9.17, 15) is 4.79 Å². The van der Waals surface area contributed by atoms with E-state index in [1.807, 2.05) is 30.3 Å². The molecule has 0 spiro atoms. The van der Waals surface area contributed by atoms with Crippen LogP contribution in [0.3, 0.4) is 0 Å². The number of aromatic nitrogens is 1. The number of carbonyl (C=O) groups excluding carboxylic acids is 1. The molecular weight excluding hydrogens is 256 g/mol. The molecule has 1 aromatic heterocycles. The molecule has 5 nitrogen and oxygen atoms in total. The number of benzene rings is 1. The lowest BCUT2D eigenvalue weighted by Gasteiger charge is -2.07. The first-order valence-corrected chi connectivity index (χ1v) is 6.71. The number of nitrogens with one attached hydrogen (secondary N) is 1. The second-order valence-corrected chi connectivity index (χ2v) is 4.88. The summed E-state index contributed by atoms with van der Waals surface area (Å²) >= 11 is 0. The van der Waals surface area contributed by atoms with Gasteiger partial charge in [-0.15, -0.1) is 0 Å². The molecule has 0 saturated carbocycles. The first-order valence-electron chi connectivity index (χ1n) is 6.71. The van der Waals surface area contributed by atoms with Gasteiger partial charge in [-0.3, -0.25) is 4.79 Å². The van der Waals surface area contributed by atoms with Crippen LogP contribution in [0.25, 0.3) is 11.3 Å². The highest BCUT2D eigenvalue weighted by Crippen LogP contribution is 2.18. The molecule has 2 aromatic rings. The summed E-state index contributed by atoms with van der Waals surface area (Å²) in [6.07, 6.45) is 0.992. The molecule has 0 bridgehead atoms. The molecule has 0 radical (unpaired) electrons. The van der Waals surface area contributed by atoms with Crippen LogP contribution < -0.4 is 5.32 Å². The lowest BCUT2D eigenvalue weighted by molar-refractivity contribution is 0.0908. The van der Waals surface area contributed by atoms with E-state index >= 15 is 0 Å². The van der Waals surface area contributed by atoms with Crippen molar-refractivity contribution in [2.24, 2.45) is 5.92 Å². The van der Waals surface area contributed by atoms with Crippen LogP contribution in [0.4, 0.5) is 0 Å². The highest BCUT2D eigenvalue weighted by atomic mass is 16.5. The van der Waals surface area contributed by atoms with E-state index in [4.69, 9.17) is 9.26 Å². The fraction of sp³-hybridized carbons (Fsp3) is 0.333. The van der Waals surface area contributed by atoms with Gasteiger partial charge in [-0.25, -0.2) is 0 Å². The lowest BCUT2D eigenvalue weighted by Crippen LogP contribution is -2.29. The Hall–Kier alpha value is -2.14. The van der Waals surface area contributed by atoms with E-state index in [1.165, 1.54) is 0 Å². The lowest BCUT2D eigenvalue weighted by atomic mass is 10.1. The molecule has 1 amide bonds. The molecular formula is C15H16N2O3. The van der Waals surface area contributed by atoms with Gasteiger partial charge in [0.2, 0.25) is 5.76 Å². The molecule has 1 aliphatic heterocycles. The fourth-order valence-corrected chi connectivity index (χ4v) is 2.20. The summed E-state index contributed by atoms with van der Waals surface area (Å²) in [5.74, 6) is 0.407. The van der Waals surface area contributed by atoms with E-state index < -0.39 is 0 Å². The average Bonchev–Trinajstić information content (AvgIpc) is 3.17. The minimum atomic E-state index is -0.230. The molecule has 1 fully saturated rings. The highest BCUT2D eigenvalue weighted by molar-refractivity contribution is 5.92. The van der Waals surface area contributed by atoms with Crippen molar-refractivity contribution < 1.29 is 14.1 Å². The van der Waals surface area contributed by atoms with Crippen LogP contribution in [0.1, 0.15) is 17.0 Å². The summed E-state index contributed by atoms with van der Waals surface area (Å²) in [7, 11) is 0. The van der Waals surface area contributed by atoms with Crippen LogP contribution in [0.2, 0.25) is 0 Å². The Balaban J connectivity index is 1.62. The van der Waals surface area contributed by atoms with Gasteiger partial charge < -0.3 is 14.6 Å². The SMILES string of the molecule is O=C(NC[C@H]1CCOC1)c1cc(-c2ccccc2)no1. The third-order valence-electron chi connectivity index (χ3n) is 3.38. The van der Waals surface area contributed by atoms with Gasteiger partial charge in [0.15, 0.2) is 0 Å². The number of carbonyl (C=O) groups is 1. The predicted octanol–water partition coefficient (Wildman–Crippen LogP) is 2.11. The maximum absolute atomic E-state index is 12.0. The molecule has 1 atom stereocenters. The summed E-state index contributed by atoms with van der Waals surface area (Å²) in [5.41, 5.74) is 1.60. The van der Waals surface area contributed by atoms with E-state index in [2.05, 4.69) is 10.5 Å². The summed E-state index contributed by atoms with van der Waals surface area (Å²) in [6.45, 7) is 2.10. The molecule has 2 heterocycles. The number of amides is 1. The first kappa shape index (κ1) is 12.9. The van der Waals surface area contributed by atoms with Gasteiger partial charge in [0, 0.05) is 30.7 Å². The van der Waals surface area contributed by atoms with Crippen molar-refractivity contribution in [2.75, 3.05) is 19.8 Å². The van der Waals surface area contributed by atoms with Crippen molar-refractivity contribution in [1.29, 1.82) is 0 Å². The standard InChI is InChI=1S/C15H16N2O3/c18-15(16-9-11-6-7-19-10-11)14-8-13(17-20-14)12-4-2-1-3-5-12/h1-5,8,11H,6-7,9-10H2,(H,16,18)/t11-/m1/s1. The Labute approximate surface area is 116 Å². The van der Waals surface area contributed by atoms with Crippen LogP contribution in [-0.2, 0) is 4.74 Å². The minimum Gasteiger partial charge on any atom is -0.381 e. The second-order valence-electron chi connectivity index (χ2n) is 4.88. The summed E-state index contributed by atoms with van der Waals surface area (Å²) < 4.78 is 10.4. The molecule has 1 N–H and O–H groups in total. The van der Waals surface area contributed by atoms with Crippen LogP contribution in [0.5, 0.6) is 0 Å². The quantitative estimate of drug-likeness (QED) is 0.925. The summed E-state index contributed by atoms with van der Waals surface area (Å²) in [5, 5.41) is 6.78. The number of rotatable bonds is 4. The zero-order chi connectivity index (χ0) is 13.8. The highest BCUT2D eigenvalue weighted by Gasteiger charge is 2.19. The van der Waals surface area contributed by atoms with Crippen molar-refractivity contribution >= 4 is 5.91 Å². The molecule has 0 unspecified atom stereocenters. The monoisotopic (exact) mass is 272 g/mol. The smallest absolute Gasteiger partial charge is 0.289 e. The average molecular weight is 272 g/mol.